The van der Waals surface area contributed by atoms with E-state index in [0.29, 0.717) is 21.4 Å². The third-order valence-electron chi connectivity index (χ3n) is 2.49. The highest BCUT2D eigenvalue weighted by molar-refractivity contribution is 6.30. The zero-order valence-electron chi connectivity index (χ0n) is 10.3. The summed E-state index contributed by atoms with van der Waals surface area (Å²) in [4.78, 5) is 11.9. The van der Waals surface area contributed by atoms with Gasteiger partial charge in [0.2, 0.25) is 0 Å². The maximum Gasteiger partial charge on any atom is 0.277 e. The molecule has 104 valence electrons. The Labute approximate surface area is 133 Å². The van der Waals surface area contributed by atoms with Crippen LogP contribution in [0.25, 0.3) is 6.20 Å². The third-order valence-corrected chi connectivity index (χ3v) is 2.96. The number of ketones is 1. The number of carbonyl (C=O) groups excluding carboxylic acids is 1. The van der Waals surface area contributed by atoms with Gasteiger partial charge in [-0.25, -0.2) is 4.57 Å². The largest absolute Gasteiger partial charge is 1.00 e. The smallest absolute Gasteiger partial charge is 0.277 e. The number of hydrogen-bond acceptors (Lipinski definition) is 2. The van der Waals surface area contributed by atoms with Crippen molar-refractivity contribution in [1.29, 1.82) is 0 Å². The molecule has 0 fully saturated rings. The fourth-order valence-corrected chi connectivity index (χ4v) is 1.78. The second kappa shape index (κ2) is 7.29. The van der Waals surface area contributed by atoms with Crippen LogP contribution in [-0.2, 0) is 0 Å². The monoisotopic (exact) mass is 328 g/mol. The van der Waals surface area contributed by atoms with E-state index in [1.165, 1.54) is 6.08 Å². The maximum atomic E-state index is 11.9. The molecular formula is C14H11Cl3N2O. The molecule has 20 heavy (non-hydrogen) atoms. The number of nitrogens with zero attached hydrogens (tertiary/aromatic N) is 1. The Morgan fingerprint density at radius 2 is 1.65 bits per heavy atom. The van der Waals surface area contributed by atoms with Crippen molar-refractivity contribution in [2.75, 3.05) is 5.73 Å². The van der Waals surface area contributed by atoms with Gasteiger partial charge in [-0.05, 0) is 30.3 Å². The molecule has 0 saturated carbocycles. The van der Waals surface area contributed by atoms with Crippen molar-refractivity contribution < 1.29 is 21.8 Å². The van der Waals surface area contributed by atoms with Crippen LogP contribution in [0.4, 0.5) is 5.82 Å². The Morgan fingerprint density at radius 1 is 1.05 bits per heavy atom. The Bertz CT molecular complexity index is 639. The Balaban J connectivity index is 0.00000200. The van der Waals surface area contributed by atoms with E-state index in [2.05, 4.69) is 0 Å². The van der Waals surface area contributed by atoms with Gasteiger partial charge in [0.05, 0.1) is 11.2 Å². The van der Waals surface area contributed by atoms with Crippen LogP contribution in [0, 0.1) is 0 Å². The maximum absolute atomic E-state index is 11.9. The van der Waals surface area contributed by atoms with Crippen LogP contribution in [0.1, 0.15) is 10.4 Å². The van der Waals surface area contributed by atoms with Crippen molar-refractivity contribution in [2.45, 2.75) is 0 Å². The standard InChI is InChI=1S/C14H10Cl2N2O.ClH/c15-11-3-1-10(2-4-11)13(19)7-8-18-9-12(16)5-6-14(18)17;/h1-9,17H;1H/b8-7+;. The second-order valence-electron chi connectivity index (χ2n) is 3.87. The van der Waals surface area contributed by atoms with Gasteiger partial charge in [0, 0.05) is 22.7 Å². The van der Waals surface area contributed by atoms with Crippen LogP contribution in [0.3, 0.4) is 0 Å². The van der Waals surface area contributed by atoms with Gasteiger partial charge in [0.1, 0.15) is 6.20 Å². The average molecular weight is 330 g/mol. The third kappa shape index (κ3) is 4.23. The lowest BCUT2D eigenvalue weighted by Gasteiger charge is -1.98. The molecule has 0 aliphatic carbocycles. The van der Waals surface area contributed by atoms with Gasteiger partial charge in [-0.15, -0.1) is 0 Å². The van der Waals surface area contributed by atoms with E-state index in [9.17, 15) is 4.79 Å². The number of anilines is 1. The van der Waals surface area contributed by atoms with Gasteiger partial charge in [-0.3, -0.25) is 10.5 Å². The highest BCUT2D eigenvalue weighted by Gasteiger charge is 2.05. The van der Waals surface area contributed by atoms with Crippen molar-refractivity contribution in [2.24, 2.45) is 0 Å². The molecule has 2 aromatic rings. The second-order valence-corrected chi connectivity index (χ2v) is 4.74. The van der Waals surface area contributed by atoms with Gasteiger partial charge < -0.3 is 12.4 Å². The normalized spacial score (nSPS) is 10.3. The molecule has 1 aromatic heterocycles. The molecule has 0 aliphatic rings. The first kappa shape index (κ1) is 16.5. The molecule has 0 unspecified atom stereocenters. The lowest BCUT2D eigenvalue weighted by atomic mass is 10.1. The molecule has 2 rings (SSSR count). The molecule has 2 N–H and O–H groups in total. The predicted octanol–water partition coefficient (Wildman–Crippen LogP) is 0.221. The molecule has 0 aliphatic heterocycles. The quantitative estimate of drug-likeness (QED) is 0.497. The summed E-state index contributed by atoms with van der Waals surface area (Å²) in [5, 5.41) is 1.13. The van der Waals surface area contributed by atoms with Gasteiger partial charge in [-0.1, -0.05) is 23.2 Å². The highest BCUT2D eigenvalue weighted by Crippen LogP contribution is 2.10. The van der Waals surface area contributed by atoms with Crippen LogP contribution in [0.2, 0.25) is 10.0 Å². The van der Waals surface area contributed by atoms with Crippen molar-refractivity contribution in [3.05, 3.63) is 64.3 Å². The first-order chi connectivity index (χ1) is 9.06. The molecule has 0 atom stereocenters. The summed E-state index contributed by atoms with van der Waals surface area (Å²) >= 11 is 11.6. The van der Waals surface area contributed by atoms with Crippen LogP contribution < -0.4 is 22.7 Å². The fraction of sp³-hybridized carbons (Fsp3) is 0. The molecular weight excluding hydrogens is 319 g/mol. The van der Waals surface area contributed by atoms with E-state index in [-0.39, 0.29) is 18.2 Å². The van der Waals surface area contributed by atoms with Crippen molar-refractivity contribution in [3.63, 3.8) is 0 Å². The molecule has 0 spiro atoms. The minimum absolute atomic E-state index is 0. The van der Waals surface area contributed by atoms with E-state index in [1.807, 2.05) is 0 Å². The van der Waals surface area contributed by atoms with Crippen LogP contribution in [0.5, 0.6) is 0 Å². The van der Waals surface area contributed by atoms with Gasteiger partial charge >= 0.3 is 0 Å². The Kier molecular flexibility index (Phi) is 6.02. The Morgan fingerprint density at radius 3 is 2.30 bits per heavy atom. The summed E-state index contributed by atoms with van der Waals surface area (Å²) in [6, 6.07) is 10.0. The SMILES string of the molecule is Nc1ccc(Cl)c[n+]1/C=C/C(=O)c1ccc(Cl)cc1.[Cl-]. The van der Waals surface area contributed by atoms with Crippen LogP contribution in [-0.4, -0.2) is 5.78 Å². The summed E-state index contributed by atoms with van der Waals surface area (Å²) in [5.74, 6) is 0.355. The highest BCUT2D eigenvalue weighted by atomic mass is 35.5. The van der Waals surface area contributed by atoms with Crippen molar-refractivity contribution in [3.8, 4) is 0 Å². The molecule has 1 heterocycles. The van der Waals surface area contributed by atoms with E-state index in [4.69, 9.17) is 28.9 Å². The number of nitrogen functional groups attached to an aromatic ring is 1. The summed E-state index contributed by atoms with van der Waals surface area (Å²) in [5.41, 5.74) is 6.32. The van der Waals surface area contributed by atoms with Crippen molar-refractivity contribution in [1.82, 2.24) is 0 Å². The zero-order valence-corrected chi connectivity index (χ0v) is 12.5. The number of nitrogens with two attached hydrogens (primary N) is 1. The summed E-state index contributed by atoms with van der Waals surface area (Å²) in [6.07, 6.45) is 4.62. The number of benzene rings is 1. The average Bonchev–Trinajstić information content (AvgIpc) is 2.40. The van der Waals surface area contributed by atoms with Crippen LogP contribution >= 0.6 is 23.2 Å². The minimum atomic E-state index is -0.136. The molecule has 0 amide bonds. The first-order valence-electron chi connectivity index (χ1n) is 5.50. The number of allylic oxidation sites excluding steroid dienone is 1. The molecule has 3 nitrogen and oxygen atoms in total. The predicted molar refractivity (Wildman–Crippen MR) is 77.2 cm³/mol. The van der Waals surface area contributed by atoms with E-state index < -0.39 is 0 Å². The van der Waals surface area contributed by atoms with Crippen molar-refractivity contribution >= 4 is 41.0 Å². The number of pyridine rings is 1. The molecule has 0 saturated heterocycles. The minimum Gasteiger partial charge on any atom is -1.00 e. The fourth-order valence-electron chi connectivity index (χ4n) is 1.49. The molecule has 0 bridgehead atoms. The van der Waals surface area contributed by atoms with Gasteiger partial charge in [-0.2, -0.15) is 0 Å². The summed E-state index contributed by atoms with van der Waals surface area (Å²) in [6.45, 7) is 0. The lowest BCUT2D eigenvalue weighted by molar-refractivity contribution is -0.552. The Hall–Kier alpha value is -1.55. The first-order valence-corrected chi connectivity index (χ1v) is 6.26. The van der Waals surface area contributed by atoms with E-state index in [1.54, 1.807) is 53.4 Å². The molecule has 0 radical (unpaired) electrons. The number of aromatic nitrogens is 1. The zero-order chi connectivity index (χ0) is 13.8. The van der Waals surface area contributed by atoms with E-state index >= 15 is 0 Å². The van der Waals surface area contributed by atoms with Crippen LogP contribution in [0.15, 0.2) is 48.7 Å². The van der Waals surface area contributed by atoms with E-state index in [0.717, 1.165) is 0 Å². The number of hydrogen-bond donors (Lipinski definition) is 1. The molecule has 1 aromatic carbocycles. The topological polar surface area (TPSA) is 47.0 Å². The molecule has 6 heteroatoms. The van der Waals surface area contributed by atoms with Gasteiger partial charge in [0.25, 0.3) is 5.82 Å². The summed E-state index contributed by atoms with van der Waals surface area (Å²) in [7, 11) is 0. The van der Waals surface area contributed by atoms with Gasteiger partial charge in [0.15, 0.2) is 5.78 Å². The lowest BCUT2D eigenvalue weighted by Crippen LogP contribution is -3.00. The number of halogens is 3. The summed E-state index contributed by atoms with van der Waals surface area (Å²) < 4.78 is 1.58. The number of carbonyl (C=O) groups is 1. The number of rotatable bonds is 3.